The summed E-state index contributed by atoms with van der Waals surface area (Å²) in [6, 6.07) is 12.9. The third-order valence-electron chi connectivity index (χ3n) is 2.01. The molecule has 0 amide bonds. The molecule has 3 nitrogen and oxygen atoms in total. The zero-order valence-corrected chi connectivity index (χ0v) is 8.80. The molecule has 2 rings (SSSR count). The van der Waals surface area contributed by atoms with Crippen molar-refractivity contribution in [2.45, 2.75) is 0 Å². The number of nitrogens with zero attached hydrogens (tertiary/aromatic N) is 2. The van der Waals surface area contributed by atoms with Gasteiger partial charge >= 0.3 is 0 Å². The lowest BCUT2D eigenvalue weighted by Crippen LogP contribution is -1.93. The highest BCUT2D eigenvalue weighted by atomic mass is 19.1. The van der Waals surface area contributed by atoms with Crippen LogP contribution in [-0.4, -0.2) is 4.98 Å². The Balaban J connectivity index is 2.22. The Labute approximate surface area is 98.1 Å². The Kier molecular flexibility index (Phi) is 3.31. The number of rotatable bonds is 3. The van der Waals surface area contributed by atoms with Crippen LogP contribution in [0.15, 0.2) is 42.5 Å². The van der Waals surface area contributed by atoms with Crippen molar-refractivity contribution < 1.29 is 9.13 Å². The van der Waals surface area contributed by atoms with Crippen molar-refractivity contribution in [2.75, 3.05) is 0 Å². The van der Waals surface area contributed by atoms with Crippen LogP contribution >= 0.6 is 0 Å². The molecule has 0 saturated carbocycles. The van der Waals surface area contributed by atoms with E-state index in [1.165, 1.54) is 18.6 Å². The molecule has 0 bridgehead atoms. The first-order valence-corrected chi connectivity index (χ1v) is 4.92. The van der Waals surface area contributed by atoms with E-state index in [0.717, 1.165) is 0 Å². The molecule has 0 spiro atoms. The summed E-state index contributed by atoms with van der Waals surface area (Å²) in [7, 11) is 0. The topological polar surface area (TPSA) is 45.9 Å². The Morgan fingerprint density at radius 1 is 1.18 bits per heavy atom. The van der Waals surface area contributed by atoms with Gasteiger partial charge in [-0.3, -0.25) is 0 Å². The molecule has 2 aromatic rings. The number of pyridine rings is 1. The normalized spacial score (nSPS) is 9.65. The number of nitriles is 1. The van der Waals surface area contributed by atoms with Crippen molar-refractivity contribution in [3.63, 3.8) is 0 Å². The van der Waals surface area contributed by atoms with E-state index in [-0.39, 0.29) is 11.6 Å². The summed E-state index contributed by atoms with van der Waals surface area (Å²) in [6.07, 6.45) is 1.29. The molecule has 0 aliphatic rings. The number of ether oxygens (including phenoxy) is 1. The van der Waals surface area contributed by atoms with Crippen LogP contribution < -0.4 is 4.74 Å². The van der Waals surface area contributed by atoms with Gasteiger partial charge in [-0.2, -0.15) is 5.26 Å². The largest absolute Gasteiger partial charge is 0.436 e. The molecule has 1 aromatic heterocycles. The van der Waals surface area contributed by atoms with Gasteiger partial charge in [0.2, 0.25) is 5.88 Å². The summed E-state index contributed by atoms with van der Waals surface area (Å²) in [6.45, 7) is 0. The zero-order chi connectivity index (χ0) is 12.1. The third kappa shape index (κ3) is 2.79. The van der Waals surface area contributed by atoms with Gasteiger partial charge < -0.3 is 4.74 Å². The summed E-state index contributed by atoms with van der Waals surface area (Å²) in [4.78, 5) is 4.03. The van der Waals surface area contributed by atoms with Crippen molar-refractivity contribution in [3.8, 4) is 17.7 Å². The molecule has 0 fully saturated rings. The Morgan fingerprint density at radius 2 is 2.00 bits per heavy atom. The van der Waals surface area contributed by atoms with Gasteiger partial charge in [-0.05, 0) is 18.2 Å². The molecule has 83 valence electrons. The maximum absolute atomic E-state index is 13.3. The number of hydrogen-bond acceptors (Lipinski definition) is 3. The van der Waals surface area contributed by atoms with E-state index in [1.54, 1.807) is 30.3 Å². The van der Waals surface area contributed by atoms with Crippen molar-refractivity contribution in [3.05, 3.63) is 60.4 Å². The minimum absolute atomic E-state index is 0.106. The van der Waals surface area contributed by atoms with Crippen LogP contribution in [0, 0.1) is 23.6 Å². The van der Waals surface area contributed by atoms with Gasteiger partial charge in [0.05, 0.1) is 11.8 Å². The van der Waals surface area contributed by atoms with Gasteiger partial charge in [0.15, 0.2) is 11.6 Å². The Bertz CT molecular complexity index is 563. The van der Waals surface area contributed by atoms with E-state index in [4.69, 9.17) is 10.00 Å². The first-order valence-electron chi connectivity index (χ1n) is 4.92. The highest BCUT2D eigenvalue weighted by Crippen LogP contribution is 2.22. The lowest BCUT2D eigenvalue weighted by Gasteiger charge is -2.05. The fraction of sp³-hybridized carbons (Fsp3) is 0. The van der Waals surface area contributed by atoms with Crippen molar-refractivity contribution in [1.29, 1.82) is 5.26 Å². The molecule has 1 radical (unpaired) electrons. The Hall–Kier alpha value is -2.41. The first-order chi connectivity index (χ1) is 8.29. The number of benzene rings is 1. The first kappa shape index (κ1) is 11.1. The van der Waals surface area contributed by atoms with Crippen molar-refractivity contribution in [2.24, 2.45) is 0 Å². The van der Waals surface area contributed by atoms with E-state index < -0.39 is 5.82 Å². The summed E-state index contributed by atoms with van der Waals surface area (Å²) in [5, 5.41) is 8.50. The van der Waals surface area contributed by atoms with E-state index in [9.17, 15) is 4.39 Å². The van der Waals surface area contributed by atoms with Crippen LogP contribution in [0.1, 0.15) is 5.69 Å². The van der Waals surface area contributed by atoms with Crippen LogP contribution in [-0.2, 0) is 0 Å². The number of para-hydroxylation sites is 1. The van der Waals surface area contributed by atoms with Crippen molar-refractivity contribution >= 4 is 0 Å². The van der Waals surface area contributed by atoms with Gasteiger partial charge in [0.25, 0.3) is 0 Å². The quantitative estimate of drug-likeness (QED) is 0.809. The molecular formula is C13H8FN2O. The molecule has 0 atom stereocenters. The number of halogens is 1. The fourth-order valence-corrected chi connectivity index (χ4v) is 1.27. The van der Waals surface area contributed by atoms with Crippen LogP contribution in [0.5, 0.6) is 11.6 Å². The third-order valence-corrected chi connectivity index (χ3v) is 2.01. The highest BCUT2D eigenvalue weighted by molar-refractivity contribution is 5.31. The smallest absolute Gasteiger partial charge is 0.219 e. The molecule has 0 unspecified atom stereocenters. The molecule has 0 aliphatic heterocycles. The van der Waals surface area contributed by atoms with E-state index >= 15 is 0 Å². The van der Waals surface area contributed by atoms with Gasteiger partial charge in [-0.25, -0.2) is 9.37 Å². The maximum atomic E-state index is 13.3. The van der Waals surface area contributed by atoms with Crippen LogP contribution in [0.3, 0.4) is 0 Å². The summed E-state index contributed by atoms with van der Waals surface area (Å²) in [5.74, 6) is -0.0998. The van der Waals surface area contributed by atoms with Crippen LogP contribution in [0.4, 0.5) is 4.39 Å². The second-order valence-corrected chi connectivity index (χ2v) is 3.21. The maximum Gasteiger partial charge on any atom is 0.219 e. The van der Waals surface area contributed by atoms with Gasteiger partial charge in [0, 0.05) is 6.07 Å². The average molecular weight is 227 g/mol. The summed E-state index contributed by atoms with van der Waals surface area (Å²) in [5.41, 5.74) is 0.473. The van der Waals surface area contributed by atoms with Gasteiger partial charge in [0.1, 0.15) is 6.42 Å². The zero-order valence-electron chi connectivity index (χ0n) is 8.80. The van der Waals surface area contributed by atoms with Gasteiger partial charge in [-0.1, -0.05) is 18.2 Å². The number of hydrogen-bond donors (Lipinski definition) is 0. The molecule has 0 N–H and O–H groups in total. The predicted molar refractivity (Wildman–Crippen MR) is 59.7 cm³/mol. The van der Waals surface area contributed by atoms with E-state index in [1.807, 2.05) is 6.07 Å². The monoisotopic (exact) mass is 227 g/mol. The molecule has 0 aliphatic carbocycles. The number of aromatic nitrogens is 1. The molecule has 1 aromatic carbocycles. The predicted octanol–water partition coefficient (Wildman–Crippen LogP) is 3.09. The standard InChI is InChI=1S/C13H8FN2O/c14-11-5-1-2-6-12(11)17-13-7-3-4-10(16-13)8-9-15/h1-8H. The second-order valence-electron chi connectivity index (χ2n) is 3.21. The lowest BCUT2D eigenvalue weighted by molar-refractivity contribution is 0.427. The van der Waals surface area contributed by atoms with Crippen LogP contribution in [0.2, 0.25) is 0 Å². The molecule has 17 heavy (non-hydrogen) atoms. The Morgan fingerprint density at radius 3 is 2.76 bits per heavy atom. The second kappa shape index (κ2) is 5.08. The molecule has 4 heteroatoms. The average Bonchev–Trinajstić information content (AvgIpc) is 2.33. The molecule has 0 saturated heterocycles. The van der Waals surface area contributed by atoms with Crippen LogP contribution in [0.25, 0.3) is 0 Å². The minimum Gasteiger partial charge on any atom is -0.436 e. The lowest BCUT2D eigenvalue weighted by atomic mass is 10.3. The summed E-state index contributed by atoms with van der Waals surface area (Å²) < 4.78 is 18.6. The summed E-state index contributed by atoms with van der Waals surface area (Å²) >= 11 is 0. The van der Waals surface area contributed by atoms with Crippen molar-refractivity contribution in [1.82, 2.24) is 4.98 Å². The molecule has 1 heterocycles. The van der Waals surface area contributed by atoms with Gasteiger partial charge in [-0.15, -0.1) is 0 Å². The highest BCUT2D eigenvalue weighted by Gasteiger charge is 2.04. The minimum atomic E-state index is -0.455. The van der Waals surface area contributed by atoms with E-state index in [0.29, 0.717) is 5.69 Å². The SMILES string of the molecule is N#C[CH]c1cccc(Oc2ccccc2F)n1. The fourth-order valence-electron chi connectivity index (χ4n) is 1.27. The van der Waals surface area contributed by atoms with E-state index in [2.05, 4.69) is 4.98 Å². The molecular weight excluding hydrogens is 219 g/mol.